The fourth-order valence-corrected chi connectivity index (χ4v) is 285. The van der Waals surface area contributed by atoms with Gasteiger partial charge in [-0.1, -0.05) is 70.5 Å². The van der Waals surface area contributed by atoms with Gasteiger partial charge < -0.3 is 0 Å². The summed E-state index contributed by atoms with van der Waals surface area (Å²) in [7, 11) is 188. The van der Waals surface area contributed by atoms with Crippen LogP contribution in [-0.4, -0.2) is 4.98 Å². The molecule has 1 aromatic heterocycles. The van der Waals surface area contributed by atoms with Crippen molar-refractivity contribution in [2.75, 3.05) is 0 Å². The van der Waals surface area contributed by atoms with Crippen molar-refractivity contribution in [1.82, 2.24) is 4.98 Å². The molecule has 1 heterocycles. The van der Waals surface area contributed by atoms with Gasteiger partial charge in [0.1, 0.15) is 5.82 Å². The average Bonchev–Trinajstić information content (AvgIpc) is 0.808. The van der Waals surface area contributed by atoms with Crippen molar-refractivity contribution in [3.05, 3.63) is 101 Å². The van der Waals surface area contributed by atoms with Gasteiger partial charge >= 0.3 is 0 Å². The van der Waals surface area contributed by atoms with Crippen LogP contribution >= 0.6 is 15.9 Å². The molecule has 1 nitrogen and oxygen atoms in total. The topological polar surface area (TPSA) is 12.9 Å². The fraction of sp³-hybridized carbons (Fsp3) is 0.0417. The van der Waals surface area contributed by atoms with Crippen molar-refractivity contribution in [2.24, 2.45) is 0 Å². The molecular formula is C24H17BrFNS106. The van der Waals surface area contributed by atoms with Crippen molar-refractivity contribution < 1.29 is 4.39 Å². The van der Waals surface area contributed by atoms with Crippen molar-refractivity contribution in [3.63, 3.8) is 0 Å². The Bertz CT molecular complexity index is 9920. The zero-order chi connectivity index (χ0) is 94.3. The van der Waals surface area contributed by atoms with E-state index in [4.69, 9.17) is 22.4 Å². The highest BCUT2D eigenvalue weighted by molar-refractivity contribution is 9.10. The van der Waals surface area contributed by atoms with E-state index in [0.29, 0.717) is 0 Å². The van der Waals surface area contributed by atoms with Crippen LogP contribution in [0.1, 0.15) is 5.56 Å². The Hall–Kier alpha value is 20.5. The first-order valence-corrected chi connectivity index (χ1v) is 167. The highest BCUT2D eigenvalue weighted by Gasteiger charge is 2.08. The minimum absolute atomic E-state index is 0.230. The van der Waals surface area contributed by atoms with Gasteiger partial charge in [-0.15, -0.1) is 0 Å². The van der Waals surface area contributed by atoms with Crippen molar-refractivity contribution in [1.29, 1.82) is 0 Å². The van der Waals surface area contributed by atoms with E-state index in [9.17, 15) is 4.39 Å². The number of benzene rings is 3. The first-order chi connectivity index (χ1) is 66.0. The predicted molar refractivity (Wildman–Crippen MR) is 894 cm³/mol. The van der Waals surface area contributed by atoms with Gasteiger partial charge in [-0.3, -0.25) is 4.98 Å². The summed E-state index contributed by atoms with van der Waals surface area (Å²) < 4.78 is 14.2. The van der Waals surface area contributed by atoms with Crippen LogP contribution in [0, 0.1) is 12.7 Å². The van der Waals surface area contributed by atoms with Gasteiger partial charge in [-0.2, -0.15) is 0 Å². The quantitative estimate of drug-likeness (QED) is 0.219. The summed E-state index contributed by atoms with van der Waals surface area (Å²) in [6.07, 6.45) is 1.86. The predicted octanol–water partition coefficient (Wildman–Crippen LogP) is 7.04. The SMILES string of the molecule is Cc1cc(-c2ccc(-c3ccccc3Br)cc2)ncc1-c1ccc(F)cc1.S=S=S=S=S=S=S=S=S=S=S=S=S=S=S=S=S=S=S=S=S=S=S=S=S=S=S=S=S=S=S=S=S=S=S=S=S=S=S=S=S=S=S=S=S=S=S=S=S=S=S=S=S=S=S=S=S=S=S=S=S=S=S=S=S=S=S=S=S=S=S=S=S=S=S=S=S=S=S=S=S=S=S=S=S=S=S=S=S=S=S=S=S=S=S=S=S=S=S=S=S=S=S=S=S=S. The molecule has 0 aliphatic carbocycles. The third kappa shape index (κ3) is 107. The maximum absolute atomic E-state index is 13.2. The van der Waals surface area contributed by atoms with Crippen molar-refractivity contribution in [2.45, 2.75) is 6.92 Å². The van der Waals surface area contributed by atoms with Gasteiger partial charge in [-0.05, 0) is 53.4 Å². The number of pyridine rings is 1. The Morgan fingerprint density at radius 2 is 0.331 bits per heavy atom. The zero-order valence-corrected chi connectivity index (χ0v) is 146. The molecule has 0 saturated carbocycles. The molecule has 0 bridgehead atoms. The van der Waals surface area contributed by atoms with E-state index < -0.39 is 0 Å². The minimum Gasteiger partial charge on any atom is -0.256 e. The third-order valence-electron chi connectivity index (χ3n) is 7.49. The smallest absolute Gasteiger partial charge is 0.123 e. The Balaban J connectivity index is 0.00000141. The summed E-state index contributed by atoms with van der Waals surface area (Å²) in [5, 5.41) is 0. The second-order valence-electron chi connectivity index (χ2n) is 13.5. The lowest BCUT2D eigenvalue weighted by Gasteiger charge is -2.10. The number of nitrogens with zero attached hydrogens (tertiary/aromatic N) is 1. The number of aromatic nitrogens is 1. The van der Waals surface area contributed by atoms with Gasteiger partial charge in [0.05, 0.1) is 5.69 Å². The lowest BCUT2D eigenvalue weighted by molar-refractivity contribution is 0.628. The second-order valence-corrected chi connectivity index (χ2v) is 198. The third-order valence-corrected chi connectivity index (χ3v) is 237. The molecule has 4 rings (SSSR count). The van der Waals surface area contributed by atoms with Crippen molar-refractivity contribution in [3.8, 4) is 33.5 Å². The standard InChI is InChI=1S/C24H17BrFN.S106/c1-16-14-24(27-15-22(16)18-10-12-20(26)13-11-18)19-8-6-17(7-9-19)21-4-2-3-5-23(21)25;1-3-5-7-9-11-13-15-17-19-21-23-25-27-29-31-33-35-37-39-41-43-45-47-49-51-53-55-57-59-61-63-65-67-69-71-73-75-77-79-81-83-85-87-89-91-93-95-97-99-101-103-105-106-104-102-100-98-96-94-92-90-88-86-84-82-80-78-76-74-72-70-68-66-64-62-60-58-56-54-52-50-48-46-44-42-40-38-36-34-32-30-28-26-24-22-20-18-16-14-12-10-8-6-4-2/h2-15H,1H3;. The van der Waals surface area contributed by atoms with Crippen LogP contribution in [0.3, 0.4) is 0 Å². The number of hydrogen-bond acceptors (Lipinski definition) is 3. The van der Waals surface area contributed by atoms with E-state index in [2.05, 4.69) is 64.2 Å². The van der Waals surface area contributed by atoms with Crippen LogP contribution in [0.25, 0.3) is 33.5 Å². The number of hydrogen-bond donors (Lipinski definition) is 0. The Labute approximate surface area is 1080 Å². The fourth-order valence-electron chi connectivity index (χ4n) is 4.32. The minimum atomic E-state index is -0.230. The van der Waals surface area contributed by atoms with Gasteiger partial charge in [0.2, 0.25) is 0 Å². The Kier molecular flexibility index (Phi) is 140. The molecule has 0 amide bonds. The first-order valence-electron chi connectivity index (χ1n) is 26.2. The highest BCUT2D eigenvalue weighted by atomic mass is 79.9. The monoisotopic (exact) mass is 3810 g/mol. The molecule has 768 valence electrons. The second kappa shape index (κ2) is 126. The summed E-state index contributed by atoms with van der Waals surface area (Å²) >= 11 is 13.3. The summed E-state index contributed by atoms with van der Waals surface area (Å²) in [6.45, 7) is 2.05. The lowest BCUT2D eigenvalue weighted by atomic mass is 9.99. The van der Waals surface area contributed by atoms with Crippen LogP contribution in [0.2, 0.25) is 0 Å². The molecule has 3 aromatic carbocycles. The van der Waals surface area contributed by atoms with Gasteiger partial charge in [0.25, 0.3) is 0 Å². The molecule has 0 radical (unpaired) electrons. The van der Waals surface area contributed by atoms with Crippen LogP contribution in [0.5, 0.6) is 0 Å². The summed E-state index contributed by atoms with van der Waals surface area (Å²) in [4.78, 5) is 4.63. The molecule has 0 spiro atoms. The van der Waals surface area contributed by atoms with E-state index in [-0.39, 0.29) is 5.82 Å². The van der Waals surface area contributed by atoms with E-state index in [0.717, 1.165) is 38.0 Å². The van der Waals surface area contributed by atoms with E-state index in [1.807, 2.05) is 824 Å². The van der Waals surface area contributed by atoms with Crippen LogP contribution in [0.4, 0.5) is 4.39 Å². The van der Waals surface area contributed by atoms with E-state index in [1.54, 1.807) is 119 Å². The normalized spacial score (nSPS) is 8.47. The first kappa shape index (κ1) is 148. The molecule has 0 fully saturated rings. The molecule has 4 aromatic rings. The zero-order valence-electron chi connectivity index (χ0n) is 58.1. The Morgan fingerprint density at radius 3 is 0.489 bits per heavy atom. The molecule has 0 aliphatic heterocycles. The number of aryl methyl sites for hydroxylation is 1. The van der Waals surface area contributed by atoms with E-state index >= 15 is 0 Å². The molecule has 109 heteroatoms. The van der Waals surface area contributed by atoms with Gasteiger partial charge in [0, 0.05) is 968 Å². The largest absolute Gasteiger partial charge is 0.256 e. The number of rotatable bonds is 3. The maximum Gasteiger partial charge on any atom is 0.123 e. The molecule has 0 N–H and O–H groups in total. The summed E-state index contributed by atoms with van der Waals surface area (Å²) in [5.74, 6) is -0.230. The lowest BCUT2D eigenvalue weighted by Crippen LogP contribution is -1.90. The van der Waals surface area contributed by atoms with Crippen LogP contribution in [0.15, 0.2) is 89.5 Å². The molecule has 0 saturated heterocycles. The van der Waals surface area contributed by atoms with E-state index in [1.165, 1.54) is 35.5 Å². The molecular weight excluding hydrogens is 3800 g/mol. The maximum atomic E-state index is 13.2. The van der Waals surface area contributed by atoms with Crippen molar-refractivity contribution >= 4 is 962 Å². The molecule has 133 heavy (non-hydrogen) atoms. The molecule has 0 atom stereocenters. The van der Waals surface area contributed by atoms with Crippen LogP contribution < -0.4 is 0 Å². The number of halogens is 2. The Morgan fingerprint density at radius 1 is 0.188 bits per heavy atom. The van der Waals surface area contributed by atoms with Gasteiger partial charge in [-0.25, -0.2) is 4.39 Å². The van der Waals surface area contributed by atoms with Crippen LogP contribution in [-0.2, 0) is 946 Å². The summed E-state index contributed by atoms with van der Waals surface area (Å²) in [5.41, 5.74) is 7.42. The van der Waals surface area contributed by atoms with Gasteiger partial charge in [0.15, 0.2) is 0 Å². The molecule has 0 aliphatic rings. The highest BCUT2D eigenvalue weighted by Crippen LogP contribution is 2.31. The average molecular weight is 3820 g/mol. The summed E-state index contributed by atoms with van der Waals surface area (Å²) in [6, 6.07) is 25.2. The molecule has 0 unspecified atom stereocenters.